The minimum Gasteiger partial charge on any atom is -0.394 e. The molecule has 2 aromatic carbocycles. The summed E-state index contributed by atoms with van der Waals surface area (Å²) in [6.07, 6.45) is 0. The molecular weight excluding hydrogens is 264 g/mol. The van der Waals surface area contributed by atoms with Gasteiger partial charge in [-0.2, -0.15) is 0 Å². The van der Waals surface area contributed by atoms with Crippen LogP contribution in [-0.4, -0.2) is 24.2 Å². The molecule has 0 aliphatic rings. The summed E-state index contributed by atoms with van der Waals surface area (Å²) in [5.74, 6) is -0.587. The van der Waals surface area contributed by atoms with Crippen LogP contribution in [0, 0.1) is 0 Å². The Kier molecular flexibility index (Phi) is 5.49. The molecule has 2 rings (SSSR count). The monoisotopic (exact) mass is 284 g/mol. The largest absolute Gasteiger partial charge is 0.394 e. The Hall–Kier alpha value is -2.17. The van der Waals surface area contributed by atoms with E-state index in [1.54, 1.807) is 0 Å². The van der Waals surface area contributed by atoms with E-state index < -0.39 is 12.0 Å². The minimum absolute atomic E-state index is 0.151. The number of nitrogens with two attached hydrogens (primary N) is 1. The second kappa shape index (κ2) is 7.57. The highest BCUT2D eigenvalue weighted by Gasteiger charge is 2.22. The van der Waals surface area contributed by atoms with Gasteiger partial charge in [-0.3, -0.25) is 4.79 Å². The Morgan fingerprint density at radius 1 is 1.00 bits per heavy atom. The van der Waals surface area contributed by atoms with Crippen molar-refractivity contribution < 1.29 is 9.90 Å². The minimum atomic E-state index is -0.420. The SMILES string of the molecule is NCC(C(=O)N[C@@H](CO)c1ccccc1)c1ccccc1. The van der Waals surface area contributed by atoms with E-state index >= 15 is 0 Å². The van der Waals surface area contributed by atoms with Crippen LogP contribution in [0.5, 0.6) is 0 Å². The third kappa shape index (κ3) is 3.90. The van der Waals surface area contributed by atoms with Gasteiger partial charge in [-0.25, -0.2) is 0 Å². The van der Waals surface area contributed by atoms with Crippen molar-refractivity contribution in [3.8, 4) is 0 Å². The summed E-state index contributed by atoms with van der Waals surface area (Å²) in [6.45, 7) is 0.0740. The third-order valence-electron chi connectivity index (χ3n) is 3.46. The molecule has 0 aliphatic carbocycles. The number of carbonyl (C=O) groups excluding carboxylic acids is 1. The highest BCUT2D eigenvalue weighted by Crippen LogP contribution is 2.17. The molecule has 0 saturated heterocycles. The molecule has 0 aliphatic heterocycles. The molecule has 4 N–H and O–H groups in total. The van der Waals surface area contributed by atoms with Crippen LogP contribution in [0.2, 0.25) is 0 Å². The van der Waals surface area contributed by atoms with Gasteiger partial charge in [-0.05, 0) is 11.1 Å². The number of hydrogen-bond acceptors (Lipinski definition) is 3. The van der Waals surface area contributed by atoms with Gasteiger partial charge in [-0.15, -0.1) is 0 Å². The fraction of sp³-hybridized carbons (Fsp3) is 0.235. The number of aliphatic hydroxyl groups excluding tert-OH is 1. The number of rotatable bonds is 6. The smallest absolute Gasteiger partial charge is 0.229 e. The molecule has 0 radical (unpaired) electrons. The van der Waals surface area contributed by atoms with Crippen LogP contribution in [0.15, 0.2) is 60.7 Å². The summed E-state index contributed by atoms with van der Waals surface area (Å²) in [5.41, 5.74) is 7.49. The number of carbonyl (C=O) groups is 1. The first-order valence-electron chi connectivity index (χ1n) is 6.97. The van der Waals surface area contributed by atoms with Crippen molar-refractivity contribution in [3.63, 3.8) is 0 Å². The molecule has 0 fully saturated rings. The average Bonchev–Trinajstić information content (AvgIpc) is 2.55. The van der Waals surface area contributed by atoms with Crippen LogP contribution < -0.4 is 11.1 Å². The molecule has 0 heterocycles. The van der Waals surface area contributed by atoms with E-state index in [1.807, 2.05) is 60.7 Å². The van der Waals surface area contributed by atoms with Crippen molar-refractivity contribution >= 4 is 5.91 Å². The van der Waals surface area contributed by atoms with E-state index in [1.165, 1.54) is 0 Å². The highest BCUT2D eigenvalue weighted by molar-refractivity contribution is 5.84. The Bertz CT molecular complexity index is 558. The number of hydrogen-bond donors (Lipinski definition) is 3. The predicted octanol–water partition coefficient (Wildman–Crippen LogP) is 1.58. The van der Waals surface area contributed by atoms with Crippen molar-refractivity contribution in [1.82, 2.24) is 5.32 Å². The van der Waals surface area contributed by atoms with Crippen molar-refractivity contribution in [2.24, 2.45) is 5.73 Å². The molecule has 0 spiro atoms. The molecule has 0 bridgehead atoms. The first kappa shape index (κ1) is 15.2. The second-order valence-electron chi connectivity index (χ2n) is 4.85. The molecule has 0 aromatic heterocycles. The molecule has 4 nitrogen and oxygen atoms in total. The van der Waals surface area contributed by atoms with Gasteiger partial charge >= 0.3 is 0 Å². The zero-order valence-corrected chi connectivity index (χ0v) is 11.8. The molecule has 21 heavy (non-hydrogen) atoms. The van der Waals surface area contributed by atoms with E-state index in [0.29, 0.717) is 0 Å². The lowest BCUT2D eigenvalue weighted by atomic mass is 9.97. The van der Waals surface area contributed by atoms with Gasteiger partial charge in [0.1, 0.15) is 0 Å². The highest BCUT2D eigenvalue weighted by atomic mass is 16.3. The quantitative estimate of drug-likeness (QED) is 0.754. The Balaban J connectivity index is 2.11. The van der Waals surface area contributed by atoms with Crippen LogP contribution in [0.3, 0.4) is 0 Å². The van der Waals surface area contributed by atoms with E-state index in [2.05, 4.69) is 5.32 Å². The molecule has 4 heteroatoms. The van der Waals surface area contributed by atoms with E-state index in [0.717, 1.165) is 11.1 Å². The predicted molar refractivity (Wildman–Crippen MR) is 82.6 cm³/mol. The van der Waals surface area contributed by atoms with Gasteiger partial charge in [0.05, 0.1) is 18.6 Å². The van der Waals surface area contributed by atoms with Crippen molar-refractivity contribution in [1.29, 1.82) is 0 Å². The van der Waals surface area contributed by atoms with Crippen molar-refractivity contribution in [2.75, 3.05) is 13.2 Å². The summed E-state index contributed by atoms with van der Waals surface area (Å²) in [7, 11) is 0. The lowest BCUT2D eigenvalue weighted by Gasteiger charge is -2.21. The molecule has 2 atom stereocenters. The Labute approximate surface area is 124 Å². The maximum Gasteiger partial charge on any atom is 0.229 e. The van der Waals surface area contributed by atoms with Crippen molar-refractivity contribution in [3.05, 3.63) is 71.8 Å². The maximum absolute atomic E-state index is 12.4. The lowest BCUT2D eigenvalue weighted by Crippen LogP contribution is -2.37. The first-order chi connectivity index (χ1) is 10.3. The zero-order valence-electron chi connectivity index (χ0n) is 11.8. The zero-order chi connectivity index (χ0) is 15.1. The molecule has 0 saturated carbocycles. The van der Waals surface area contributed by atoms with Crippen LogP contribution in [0.25, 0.3) is 0 Å². The summed E-state index contributed by atoms with van der Waals surface area (Å²) in [5, 5.41) is 12.4. The number of nitrogens with one attached hydrogen (secondary N) is 1. The third-order valence-corrected chi connectivity index (χ3v) is 3.46. The van der Waals surface area contributed by atoms with Gasteiger partial charge in [0.25, 0.3) is 0 Å². The van der Waals surface area contributed by atoms with E-state index in [9.17, 15) is 9.90 Å². The van der Waals surface area contributed by atoms with Gasteiger partial charge < -0.3 is 16.2 Å². The van der Waals surface area contributed by atoms with Gasteiger partial charge in [0.15, 0.2) is 0 Å². The summed E-state index contributed by atoms with van der Waals surface area (Å²) in [4.78, 5) is 12.4. The average molecular weight is 284 g/mol. The van der Waals surface area contributed by atoms with E-state index in [4.69, 9.17) is 5.73 Å². The normalized spacial score (nSPS) is 13.4. The van der Waals surface area contributed by atoms with Crippen LogP contribution in [-0.2, 0) is 4.79 Å². The van der Waals surface area contributed by atoms with Crippen LogP contribution in [0.1, 0.15) is 23.1 Å². The Morgan fingerprint density at radius 3 is 2.00 bits per heavy atom. The number of aliphatic hydroxyl groups is 1. The molecular formula is C17H20N2O2. The van der Waals surface area contributed by atoms with E-state index in [-0.39, 0.29) is 19.1 Å². The molecule has 1 unspecified atom stereocenters. The molecule has 2 aromatic rings. The van der Waals surface area contributed by atoms with Gasteiger partial charge in [0.2, 0.25) is 5.91 Å². The summed E-state index contributed by atoms with van der Waals surface area (Å²) < 4.78 is 0. The lowest BCUT2D eigenvalue weighted by molar-refractivity contribution is -0.123. The summed E-state index contributed by atoms with van der Waals surface area (Å²) >= 11 is 0. The second-order valence-corrected chi connectivity index (χ2v) is 4.85. The van der Waals surface area contributed by atoms with Crippen LogP contribution in [0.4, 0.5) is 0 Å². The molecule has 110 valence electrons. The number of benzene rings is 2. The fourth-order valence-corrected chi connectivity index (χ4v) is 2.27. The maximum atomic E-state index is 12.4. The first-order valence-corrected chi connectivity index (χ1v) is 6.97. The number of amides is 1. The molecule has 1 amide bonds. The fourth-order valence-electron chi connectivity index (χ4n) is 2.27. The standard InChI is InChI=1S/C17H20N2O2/c18-11-15(13-7-3-1-4-8-13)17(21)19-16(12-20)14-9-5-2-6-10-14/h1-10,15-16,20H,11-12,18H2,(H,19,21)/t15?,16-/m0/s1. The van der Waals surface area contributed by atoms with Crippen LogP contribution >= 0.6 is 0 Å². The summed E-state index contributed by atoms with van der Waals surface area (Å²) in [6, 6.07) is 18.4. The topological polar surface area (TPSA) is 75.4 Å². The Morgan fingerprint density at radius 2 is 1.52 bits per heavy atom. The van der Waals surface area contributed by atoms with Gasteiger partial charge in [0, 0.05) is 6.54 Å². The van der Waals surface area contributed by atoms with Crippen molar-refractivity contribution in [2.45, 2.75) is 12.0 Å². The van der Waals surface area contributed by atoms with Gasteiger partial charge in [-0.1, -0.05) is 60.7 Å².